The standard InChI is InChI=1S/C19H19ClF3N3O/c20-16-7-6-15(19(21,22)23)12-17(16)25-8-10-26(11-9-25)18(27)24-13-14-4-2-1-3-5-14/h1-7,12H,8-11,13H2,(H,24,27). The number of hydrogen-bond donors (Lipinski definition) is 1. The van der Waals surface area contributed by atoms with Crippen molar-refractivity contribution in [3.05, 3.63) is 64.7 Å². The fourth-order valence-electron chi connectivity index (χ4n) is 2.97. The number of urea groups is 1. The van der Waals surface area contributed by atoms with Crippen LogP contribution in [0.1, 0.15) is 11.1 Å². The molecule has 1 heterocycles. The number of hydrogen-bond acceptors (Lipinski definition) is 2. The number of halogens is 4. The van der Waals surface area contributed by atoms with Gasteiger partial charge in [0.05, 0.1) is 16.3 Å². The molecular weight excluding hydrogens is 379 g/mol. The number of carbonyl (C=O) groups excluding carboxylic acids is 1. The molecule has 0 bridgehead atoms. The van der Waals surface area contributed by atoms with Crippen molar-refractivity contribution in [2.75, 3.05) is 31.1 Å². The molecule has 1 aliphatic heterocycles. The lowest BCUT2D eigenvalue weighted by Crippen LogP contribution is -2.51. The number of alkyl halides is 3. The number of nitrogens with zero attached hydrogens (tertiary/aromatic N) is 2. The van der Waals surface area contributed by atoms with E-state index in [0.717, 1.165) is 17.7 Å². The predicted octanol–water partition coefficient (Wildman–Crippen LogP) is 4.39. The molecule has 0 spiro atoms. The molecule has 4 nitrogen and oxygen atoms in total. The van der Waals surface area contributed by atoms with Crippen molar-refractivity contribution in [3.8, 4) is 0 Å². The highest BCUT2D eigenvalue weighted by atomic mass is 35.5. The normalized spacial score (nSPS) is 15.0. The predicted molar refractivity (Wildman–Crippen MR) is 98.9 cm³/mol. The van der Waals surface area contributed by atoms with Crippen molar-refractivity contribution in [1.29, 1.82) is 0 Å². The van der Waals surface area contributed by atoms with Crippen molar-refractivity contribution < 1.29 is 18.0 Å². The molecule has 0 saturated carbocycles. The summed E-state index contributed by atoms with van der Waals surface area (Å²) in [5, 5.41) is 3.13. The molecule has 1 aliphatic rings. The summed E-state index contributed by atoms with van der Waals surface area (Å²) in [6.07, 6.45) is -4.42. The maximum atomic E-state index is 12.9. The third-order valence-electron chi connectivity index (χ3n) is 4.47. The molecular formula is C19H19ClF3N3O. The minimum absolute atomic E-state index is 0.186. The summed E-state index contributed by atoms with van der Waals surface area (Å²) >= 11 is 6.09. The summed E-state index contributed by atoms with van der Waals surface area (Å²) in [6, 6.07) is 12.7. The van der Waals surface area contributed by atoms with Gasteiger partial charge in [0.2, 0.25) is 0 Å². The first kappa shape index (κ1) is 19.4. The van der Waals surface area contributed by atoms with Gasteiger partial charge in [-0.05, 0) is 23.8 Å². The third kappa shape index (κ3) is 4.86. The van der Waals surface area contributed by atoms with Crippen LogP contribution in [-0.2, 0) is 12.7 Å². The van der Waals surface area contributed by atoms with Gasteiger partial charge in [-0.25, -0.2) is 4.79 Å². The molecule has 3 rings (SSSR count). The lowest BCUT2D eigenvalue weighted by Gasteiger charge is -2.36. The van der Waals surface area contributed by atoms with E-state index < -0.39 is 11.7 Å². The highest BCUT2D eigenvalue weighted by molar-refractivity contribution is 6.33. The van der Waals surface area contributed by atoms with Gasteiger partial charge in [-0.15, -0.1) is 0 Å². The van der Waals surface area contributed by atoms with E-state index in [1.807, 2.05) is 30.3 Å². The Morgan fingerprint density at radius 3 is 2.33 bits per heavy atom. The maximum Gasteiger partial charge on any atom is 0.416 e. The quantitative estimate of drug-likeness (QED) is 0.833. The van der Waals surface area contributed by atoms with Gasteiger partial charge < -0.3 is 15.1 Å². The van der Waals surface area contributed by atoms with E-state index in [2.05, 4.69) is 5.32 Å². The van der Waals surface area contributed by atoms with Gasteiger partial charge in [-0.3, -0.25) is 0 Å². The molecule has 0 aliphatic carbocycles. The van der Waals surface area contributed by atoms with Gasteiger partial charge in [0.25, 0.3) is 0 Å². The summed E-state index contributed by atoms with van der Waals surface area (Å²) in [5.74, 6) is 0. The Bertz CT molecular complexity index is 791. The number of rotatable bonds is 3. The van der Waals surface area contributed by atoms with Gasteiger partial charge in [-0.2, -0.15) is 13.2 Å². The average molecular weight is 398 g/mol. The zero-order valence-electron chi connectivity index (χ0n) is 14.5. The summed E-state index contributed by atoms with van der Waals surface area (Å²) in [6.45, 7) is 2.08. The van der Waals surface area contributed by atoms with E-state index in [4.69, 9.17) is 11.6 Å². The summed E-state index contributed by atoms with van der Waals surface area (Å²) in [5.41, 5.74) is 0.612. The molecule has 2 aromatic carbocycles. The first-order valence-electron chi connectivity index (χ1n) is 8.53. The van der Waals surface area contributed by atoms with Crippen LogP contribution in [0.2, 0.25) is 5.02 Å². The third-order valence-corrected chi connectivity index (χ3v) is 4.79. The van der Waals surface area contributed by atoms with Crippen molar-refractivity contribution in [3.63, 3.8) is 0 Å². The van der Waals surface area contributed by atoms with E-state index in [1.54, 1.807) is 9.80 Å². The van der Waals surface area contributed by atoms with Gasteiger partial charge in [0.15, 0.2) is 0 Å². The second-order valence-corrected chi connectivity index (χ2v) is 6.69. The average Bonchev–Trinajstić information content (AvgIpc) is 2.66. The lowest BCUT2D eigenvalue weighted by molar-refractivity contribution is -0.137. The van der Waals surface area contributed by atoms with Crippen LogP contribution in [0, 0.1) is 0 Å². The van der Waals surface area contributed by atoms with Crippen LogP contribution in [0.15, 0.2) is 48.5 Å². The number of carbonyl (C=O) groups is 1. The molecule has 1 saturated heterocycles. The molecule has 27 heavy (non-hydrogen) atoms. The van der Waals surface area contributed by atoms with E-state index in [9.17, 15) is 18.0 Å². The van der Waals surface area contributed by atoms with Crippen LogP contribution < -0.4 is 10.2 Å². The van der Waals surface area contributed by atoms with Crippen molar-refractivity contribution in [1.82, 2.24) is 10.2 Å². The molecule has 144 valence electrons. The Morgan fingerprint density at radius 1 is 1.04 bits per heavy atom. The molecule has 0 unspecified atom stereocenters. The summed E-state index contributed by atoms with van der Waals surface area (Å²) in [7, 11) is 0. The van der Waals surface area contributed by atoms with Crippen molar-refractivity contribution in [2.24, 2.45) is 0 Å². The number of piperazine rings is 1. The Labute approximate surface area is 160 Å². The fraction of sp³-hybridized carbons (Fsp3) is 0.316. The molecule has 0 atom stereocenters. The zero-order chi connectivity index (χ0) is 19.4. The zero-order valence-corrected chi connectivity index (χ0v) is 15.2. The Morgan fingerprint density at radius 2 is 1.70 bits per heavy atom. The van der Waals surface area contributed by atoms with E-state index in [-0.39, 0.29) is 11.1 Å². The van der Waals surface area contributed by atoms with Gasteiger partial charge in [-0.1, -0.05) is 41.9 Å². The molecule has 2 amide bonds. The van der Waals surface area contributed by atoms with Crippen LogP contribution >= 0.6 is 11.6 Å². The molecule has 2 aromatic rings. The number of amides is 2. The molecule has 1 fully saturated rings. The topological polar surface area (TPSA) is 35.6 Å². The number of nitrogens with one attached hydrogen (secondary N) is 1. The highest BCUT2D eigenvalue weighted by Gasteiger charge is 2.32. The first-order chi connectivity index (χ1) is 12.8. The first-order valence-corrected chi connectivity index (χ1v) is 8.91. The fourth-order valence-corrected chi connectivity index (χ4v) is 3.20. The van der Waals surface area contributed by atoms with Crippen molar-refractivity contribution >= 4 is 23.3 Å². The molecule has 0 radical (unpaired) electrons. The summed E-state index contributed by atoms with van der Waals surface area (Å²) < 4.78 is 38.8. The van der Waals surface area contributed by atoms with Crippen LogP contribution in [-0.4, -0.2) is 37.1 Å². The summed E-state index contributed by atoms with van der Waals surface area (Å²) in [4.78, 5) is 15.7. The second-order valence-electron chi connectivity index (χ2n) is 6.28. The largest absolute Gasteiger partial charge is 0.416 e. The van der Waals surface area contributed by atoms with E-state index in [1.165, 1.54) is 6.07 Å². The molecule has 0 aromatic heterocycles. The Hall–Kier alpha value is -2.41. The molecule has 1 N–H and O–H groups in total. The Kier molecular flexibility index (Phi) is 5.79. The minimum Gasteiger partial charge on any atom is -0.367 e. The van der Waals surface area contributed by atoms with Crippen molar-refractivity contribution in [2.45, 2.75) is 12.7 Å². The minimum atomic E-state index is -4.42. The van der Waals surface area contributed by atoms with Crippen LogP contribution in [0.3, 0.4) is 0 Å². The van der Waals surface area contributed by atoms with E-state index >= 15 is 0 Å². The van der Waals surface area contributed by atoms with E-state index in [0.29, 0.717) is 38.4 Å². The monoisotopic (exact) mass is 397 g/mol. The Balaban J connectivity index is 1.58. The SMILES string of the molecule is O=C(NCc1ccccc1)N1CCN(c2cc(C(F)(F)F)ccc2Cl)CC1. The number of benzene rings is 2. The van der Waals surface area contributed by atoms with Crippen LogP contribution in [0.25, 0.3) is 0 Å². The molecule has 8 heteroatoms. The lowest BCUT2D eigenvalue weighted by atomic mass is 10.1. The number of anilines is 1. The van der Waals surface area contributed by atoms with Gasteiger partial charge >= 0.3 is 12.2 Å². The van der Waals surface area contributed by atoms with Gasteiger partial charge in [0, 0.05) is 32.7 Å². The highest BCUT2D eigenvalue weighted by Crippen LogP contribution is 2.35. The second kappa shape index (κ2) is 8.08. The van der Waals surface area contributed by atoms with Gasteiger partial charge in [0.1, 0.15) is 0 Å². The maximum absolute atomic E-state index is 12.9. The van der Waals surface area contributed by atoms with Crippen LogP contribution in [0.5, 0.6) is 0 Å². The smallest absolute Gasteiger partial charge is 0.367 e. The van der Waals surface area contributed by atoms with Crippen LogP contribution in [0.4, 0.5) is 23.7 Å².